The first-order valence-electron chi connectivity index (χ1n) is 13.7. The highest BCUT2D eigenvalue weighted by atomic mass is 16.5. The molecular weight excluding hydrogens is 488 g/mol. The van der Waals surface area contributed by atoms with Gasteiger partial charge >= 0.3 is 0 Å². The number of hydrogen-bond acceptors (Lipinski definition) is 6. The van der Waals surface area contributed by atoms with E-state index in [9.17, 15) is 4.79 Å². The van der Waals surface area contributed by atoms with Crippen molar-refractivity contribution in [3.05, 3.63) is 82.7 Å². The van der Waals surface area contributed by atoms with Crippen molar-refractivity contribution >= 4 is 11.6 Å². The standard InChI is InChI=1S/C32H32N4O3/c1-20-6-4-5-7-24(20)22-8-9-25(26(16-22)30-34-33-21(2)39-30)31(37)36-13-10-23-17-29-27(18-28(23)36)32(19-38-29)11-14-35(3)15-12-32/h4-9,16-18H,10-15,19H2,1-3H3. The van der Waals surface area contributed by atoms with Crippen LogP contribution in [0.2, 0.25) is 0 Å². The quantitative estimate of drug-likeness (QED) is 0.351. The molecule has 0 unspecified atom stereocenters. The van der Waals surface area contributed by atoms with Gasteiger partial charge in [-0.05, 0) is 92.8 Å². The Bertz CT molecular complexity index is 1600. The first-order chi connectivity index (χ1) is 18.9. The number of aromatic nitrogens is 2. The first kappa shape index (κ1) is 24.1. The molecule has 0 aliphatic carbocycles. The molecule has 4 heterocycles. The number of carbonyl (C=O) groups excluding carboxylic acids is 1. The molecule has 0 atom stereocenters. The summed E-state index contributed by atoms with van der Waals surface area (Å²) in [5, 5.41) is 8.34. The fourth-order valence-electron chi connectivity index (χ4n) is 6.44. The molecule has 0 radical (unpaired) electrons. The summed E-state index contributed by atoms with van der Waals surface area (Å²) in [5.74, 6) is 1.78. The number of piperidine rings is 1. The monoisotopic (exact) mass is 520 g/mol. The van der Waals surface area contributed by atoms with Crippen LogP contribution >= 0.6 is 0 Å². The van der Waals surface area contributed by atoms with Gasteiger partial charge in [0.2, 0.25) is 11.8 Å². The number of nitrogens with zero attached hydrogens (tertiary/aromatic N) is 4. The summed E-state index contributed by atoms with van der Waals surface area (Å²) in [6.45, 7) is 7.33. The van der Waals surface area contributed by atoms with Gasteiger partial charge in [-0.15, -0.1) is 10.2 Å². The number of hydrogen-bond donors (Lipinski definition) is 0. The highest BCUT2D eigenvalue weighted by molar-refractivity contribution is 6.11. The SMILES string of the molecule is Cc1nnc(-c2cc(-c3ccccc3C)ccc2C(=O)N2CCc3cc4c(cc32)C2(CCN(C)CC2)CO4)o1. The van der Waals surface area contributed by atoms with Gasteiger partial charge in [-0.1, -0.05) is 30.3 Å². The molecule has 1 spiro atoms. The van der Waals surface area contributed by atoms with Gasteiger partial charge in [0.15, 0.2) is 0 Å². The topological polar surface area (TPSA) is 71.7 Å². The van der Waals surface area contributed by atoms with Crippen molar-refractivity contribution in [3.8, 4) is 28.3 Å². The lowest BCUT2D eigenvalue weighted by molar-refractivity contribution is 0.0989. The Balaban J connectivity index is 1.29. The van der Waals surface area contributed by atoms with Crippen molar-refractivity contribution < 1.29 is 13.9 Å². The lowest BCUT2D eigenvalue weighted by Crippen LogP contribution is -2.42. The second kappa shape index (κ2) is 9.06. The Hall–Kier alpha value is -3.97. The summed E-state index contributed by atoms with van der Waals surface area (Å²) < 4.78 is 12.1. The lowest BCUT2D eigenvalue weighted by Gasteiger charge is -2.37. The number of amides is 1. The number of rotatable bonds is 3. The van der Waals surface area contributed by atoms with Gasteiger partial charge in [-0.3, -0.25) is 4.79 Å². The van der Waals surface area contributed by atoms with Crippen LogP contribution in [0.1, 0.15) is 45.8 Å². The number of benzene rings is 3. The van der Waals surface area contributed by atoms with Gasteiger partial charge in [0.25, 0.3) is 5.91 Å². The fourth-order valence-corrected chi connectivity index (χ4v) is 6.44. The van der Waals surface area contributed by atoms with Crippen LogP contribution in [0, 0.1) is 13.8 Å². The molecule has 7 heteroatoms. The van der Waals surface area contributed by atoms with Gasteiger partial charge in [0.05, 0.1) is 17.7 Å². The lowest BCUT2D eigenvalue weighted by atomic mass is 9.74. The van der Waals surface area contributed by atoms with E-state index in [4.69, 9.17) is 9.15 Å². The zero-order valence-electron chi connectivity index (χ0n) is 22.7. The largest absolute Gasteiger partial charge is 0.492 e. The number of aryl methyl sites for hydroxylation is 2. The molecule has 4 aromatic rings. The summed E-state index contributed by atoms with van der Waals surface area (Å²) in [6, 6.07) is 18.6. The van der Waals surface area contributed by atoms with E-state index in [0.29, 0.717) is 29.5 Å². The summed E-state index contributed by atoms with van der Waals surface area (Å²) in [5.41, 5.74) is 7.97. The first-order valence-corrected chi connectivity index (χ1v) is 13.7. The molecule has 198 valence electrons. The normalized spacial score (nSPS) is 17.8. The van der Waals surface area contributed by atoms with Crippen molar-refractivity contribution in [3.63, 3.8) is 0 Å². The number of carbonyl (C=O) groups is 1. The van der Waals surface area contributed by atoms with E-state index in [1.165, 1.54) is 11.1 Å². The summed E-state index contributed by atoms with van der Waals surface area (Å²) in [7, 11) is 2.18. The third-order valence-electron chi connectivity index (χ3n) is 8.80. The molecule has 1 saturated heterocycles. The van der Waals surface area contributed by atoms with Crippen molar-refractivity contribution in [2.75, 3.05) is 38.2 Å². The van der Waals surface area contributed by atoms with Gasteiger partial charge < -0.3 is 19.0 Å². The van der Waals surface area contributed by atoms with Crippen LogP contribution < -0.4 is 9.64 Å². The molecule has 0 saturated carbocycles. The molecule has 3 aliphatic heterocycles. The van der Waals surface area contributed by atoms with Crippen LogP contribution in [0.25, 0.3) is 22.6 Å². The van der Waals surface area contributed by atoms with E-state index in [1.807, 2.05) is 35.2 Å². The van der Waals surface area contributed by atoms with Crippen LogP contribution in [-0.2, 0) is 11.8 Å². The molecule has 1 amide bonds. The van der Waals surface area contributed by atoms with Crippen molar-refractivity contribution in [2.24, 2.45) is 0 Å². The van der Waals surface area contributed by atoms with E-state index in [2.05, 4.69) is 53.3 Å². The van der Waals surface area contributed by atoms with Gasteiger partial charge in [-0.2, -0.15) is 0 Å². The maximum absolute atomic E-state index is 14.2. The minimum atomic E-state index is -0.0489. The average molecular weight is 521 g/mol. The Kier molecular flexibility index (Phi) is 5.60. The number of likely N-dealkylation sites (tertiary alicyclic amines) is 1. The van der Waals surface area contributed by atoms with Gasteiger partial charge in [-0.25, -0.2) is 0 Å². The fraction of sp³-hybridized carbons (Fsp3) is 0.344. The molecule has 3 aromatic carbocycles. The van der Waals surface area contributed by atoms with Crippen LogP contribution in [-0.4, -0.2) is 54.3 Å². The summed E-state index contributed by atoms with van der Waals surface area (Å²) in [6.07, 6.45) is 2.96. The number of fused-ring (bicyclic) bond motifs is 3. The third kappa shape index (κ3) is 3.95. The van der Waals surface area contributed by atoms with Crippen molar-refractivity contribution in [1.82, 2.24) is 15.1 Å². The number of ether oxygens (including phenoxy) is 1. The predicted molar refractivity (Wildman–Crippen MR) is 150 cm³/mol. The second-order valence-corrected chi connectivity index (χ2v) is 11.3. The van der Waals surface area contributed by atoms with Crippen LogP contribution in [0.5, 0.6) is 5.75 Å². The maximum atomic E-state index is 14.2. The highest BCUT2D eigenvalue weighted by Gasteiger charge is 2.44. The van der Waals surface area contributed by atoms with Crippen LogP contribution in [0.15, 0.2) is 59.0 Å². The molecule has 7 rings (SSSR count). The van der Waals surface area contributed by atoms with E-state index in [1.54, 1.807) is 6.92 Å². The van der Waals surface area contributed by atoms with Crippen LogP contribution in [0.4, 0.5) is 5.69 Å². The Morgan fingerprint density at radius 2 is 1.77 bits per heavy atom. The third-order valence-corrected chi connectivity index (χ3v) is 8.80. The molecule has 1 aromatic heterocycles. The molecule has 7 nitrogen and oxygen atoms in total. The van der Waals surface area contributed by atoms with Crippen LogP contribution in [0.3, 0.4) is 0 Å². The summed E-state index contributed by atoms with van der Waals surface area (Å²) >= 11 is 0. The Morgan fingerprint density at radius 1 is 0.949 bits per heavy atom. The Morgan fingerprint density at radius 3 is 2.54 bits per heavy atom. The van der Waals surface area contributed by atoms with Crippen molar-refractivity contribution in [2.45, 2.75) is 38.5 Å². The zero-order valence-corrected chi connectivity index (χ0v) is 22.7. The second-order valence-electron chi connectivity index (χ2n) is 11.3. The van der Waals surface area contributed by atoms with E-state index >= 15 is 0 Å². The predicted octanol–water partition coefficient (Wildman–Crippen LogP) is 5.58. The van der Waals surface area contributed by atoms with E-state index < -0.39 is 0 Å². The minimum Gasteiger partial charge on any atom is -0.492 e. The molecule has 39 heavy (non-hydrogen) atoms. The van der Waals surface area contributed by atoms with Gasteiger partial charge in [0, 0.05) is 30.1 Å². The molecule has 3 aliphatic rings. The number of anilines is 1. The van der Waals surface area contributed by atoms with Gasteiger partial charge in [0.1, 0.15) is 5.75 Å². The zero-order chi connectivity index (χ0) is 26.7. The smallest absolute Gasteiger partial charge is 0.259 e. The average Bonchev–Trinajstić information content (AvgIpc) is 3.66. The molecule has 0 bridgehead atoms. The minimum absolute atomic E-state index is 0.0375. The Labute approximate surface area is 228 Å². The van der Waals surface area contributed by atoms with E-state index in [-0.39, 0.29) is 11.3 Å². The molecule has 1 fully saturated rings. The summed E-state index contributed by atoms with van der Waals surface area (Å²) in [4.78, 5) is 18.5. The van der Waals surface area contributed by atoms with Crippen molar-refractivity contribution in [1.29, 1.82) is 0 Å². The van der Waals surface area contributed by atoms with E-state index in [0.717, 1.165) is 67.1 Å². The maximum Gasteiger partial charge on any atom is 0.259 e. The molecular formula is C32H32N4O3. The molecule has 0 N–H and O–H groups in total. The highest BCUT2D eigenvalue weighted by Crippen LogP contribution is 2.49.